The van der Waals surface area contributed by atoms with E-state index >= 15 is 0 Å². The molecule has 8 heteroatoms. The van der Waals surface area contributed by atoms with Gasteiger partial charge in [0.1, 0.15) is 11.9 Å². The Balaban J connectivity index is 0.00000256. The van der Waals surface area contributed by atoms with Crippen molar-refractivity contribution in [2.45, 2.75) is 43.3 Å². The first-order chi connectivity index (χ1) is 14.2. The van der Waals surface area contributed by atoms with Crippen molar-refractivity contribution in [1.29, 1.82) is 0 Å². The summed E-state index contributed by atoms with van der Waals surface area (Å²) in [7, 11) is 1.83. The summed E-state index contributed by atoms with van der Waals surface area (Å²) >= 11 is 0. The maximum Gasteiger partial charge on any atom is 0.193 e. The molecule has 1 aromatic rings. The van der Waals surface area contributed by atoms with E-state index in [9.17, 15) is 4.39 Å². The average Bonchev–Trinajstić information content (AvgIpc) is 3.31. The second-order valence-electron chi connectivity index (χ2n) is 8.21. The molecular weight excluding hydrogens is 500 g/mol. The van der Waals surface area contributed by atoms with Crippen LogP contribution in [0.3, 0.4) is 0 Å². The van der Waals surface area contributed by atoms with Crippen molar-refractivity contribution >= 4 is 29.9 Å². The first-order valence-corrected chi connectivity index (χ1v) is 10.7. The highest BCUT2D eigenvalue weighted by atomic mass is 127. The van der Waals surface area contributed by atoms with Crippen LogP contribution in [0.4, 0.5) is 4.39 Å². The number of nitrogens with zero attached hydrogens (tertiary/aromatic N) is 2. The van der Waals surface area contributed by atoms with Gasteiger partial charge in [-0.25, -0.2) is 4.39 Å². The number of aliphatic imine (C=N–C) groups is 1. The standard InChI is InChI=1S/C22H32FN3O3.HI/c1-24-21(26-10-14-29-20(15-26)19-3-2-11-28-19)25-16-22(8-12-27-13-9-22)17-4-6-18(23)7-5-17;/h4-7,19-20H,2-3,8-16H2,1H3,(H,24,25);1H. The molecule has 0 radical (unpaired) electrons. The van der Waals surface area contributed by atoms with Crippen LogP contribution in [0.2, 0.25) is 0 Å². The fourth-order valence-electron chi connectivity index (χ4n) is 4.70. The molecular formula is C22H33FIN3O3. The Hall–Kier alpha value is -0.970. The summed E-state index contributed by atoms with van der Waals surface area (Å²) in [5, 5.41) is 3.60. The smallest absolute Gasteiger partial charge is 0.193 e. The monoisotopic (exact) mass is 533 g/mol. The van der Waals surface area contributed by atoms with Gasteiger partial charge in [-0.3, -0.25) is 4.99 Å². The van der Waals surface area contributed by atoms with Crippen LogP contribution in [0.5, 0.6) is 0 Å². The highest BCUT2D eigenvalue weighted by molar-refractivity contribution is 14.0. The van der Waals surface area contributed by atoms with Gasteiger partial charge in [0.15, 0.2) is 5.96 Å². The summed E-state index contributed by atoms with van der Waals surface area (Å²) in [4.78, 5) is 6.81. The van der Waals surface area contributed by atoms with E-state index in [-0.39, 0.29) is 47.4 Å². The summed E-state index contributed by atoms with van der Waals surface area (Å²) in [6, 6.07) is 6.92. The minimum Gasteiger partial charge on any atom is -0.381 e. The molecule has 3 fully saturated rings. The van der Waals surface area contributed by atoms with Crippen molar-refractivity contribution in [2.24, 2.45) is 4.99 Å². The summed E-state index contributed by atoms with van der Waals surface area (Å²) in [5.41, 5.74) is 1.08. The number of nitrogens with one attached hydrogen (secondary N) is 1. The topological polar surface area (TPSA) is 55.3 Å². The molecule has 0 bridgehead atoms. The fourth-order valence-corrected chi connectivity index (χ4v) is 4.70. The first kappa shape index (κ1) is 23.7. The SMILES string of the molecule is CN=C(NCC1(c2ccc(F)cc2)CCOCC1)N1CCOC(C2CCCO2)C1.I. The molecule has 3 heterocycles. The summed E-state index contributed by atoms with van der Waals surface area (Å²) in [5.74, 6) is 0.692. The predicted octanol–water partition coefficient (Wildman–Crippen LogP) is 2.95. The van der Waals surface area contributed by atoms with Crippen molar-refractivity contribution in [3.63, 3.8) is 0 Å². The maximum absolute atomic E-state index is 13.5. The van der Waals surface area contributed by atoms with E-state index in [2.05, 4.69) is 15.2 Å². The Morgan fingerprint density at radius 2 is 1.87 bits per heavy atom. The Bertz CT molecular complexity index is 691. The Kier molecular flexibility index (Phi) is 8.73. The molecule has 2 atom stereocenters. The van der Waals surface area contributed by atoms with Crippen molar-refractivity contribution in [3.8, 4) is 0 Å². The van der Waals surface area contributed by atoms with E-state index in [0.29, 0.717) is 6.61 Å². The van der Waals surface area contributed by atoms with Crippen LogP contribution in [0.1, 0.15) is 31.2 Å². The summed E-state index contributed by atoms with van der Waals surface area (Å²) in [6.07, 6.45) is 4.28. The number of rotatable bonds is 4. The highest BCUT2D eigenvalue weighted by Gasteiger charge is 2.36. The highest BCUT2D eigenvalue weighted by Crippen LogP contribution is 2.34. The molecule has 3 aliphatic rings. The lowest BCUT2D eigenvalue weighted by Gasteiger charge is -2.41. The molecule has 1 N–H and O–H groups in total. The Morgan fingerprint density at radius 3 is 2.53 bits per heavy atom. The van der Waals surface area contributed by atoms with Crippen LogP contribution >= 0.6 is 24.0 Å². The lowest BCUT2D eigenvalue weighted by atomic mass is 9.74. The van der Waals surface area contributed by atoms with Crippen LogP contribution in [0, 0.1) is 5.82 Å². The summed E-state index contributed by atoms with van der Waals surface area (Å²) < 4.78 is 30.9. The number of hydrogen-bond donors (Lipinski definition) is 1. The lowest BCUT2D eigenvalue weighted by molar-refractivity contribution is -0.0817. The van der Waals surface area contributed by atoms with Gasteiger partial charge in [0.2, 0.25) is 0 Å². The van der Waals surface area contributed by atoms with Crippen LogP contribution < -0.4 is 5.32 Å². The molecule has 0 saturated carbocycles. The van der Waals surface area contributed by atoms with Crippen molar-refractivity contribution in [1.82, 2.24) is 10.2 Å². The molecule has 0 aromatic heterocycles. The van der Waals surface area contributed by atoms with Crippen molar-refractivity contribution in [3.05, 3.63) is 35.6 Å². The van der Waals surface area contributed by atoms with E-state index in [1.54, 1.807) is 12.1 Å². The van der Waals surface area contributed by atoms with E-state index in [0.717, 1.165) is 76.7 Å². The fraction of sp³-hybridized carbons (Fsp3) is 0.682. The van der Waals surface area contributed by atoms with Gasteiger partial charge in [0, 0.05) is 51.9 Å². The normalized spacial score (nSPS) is 26.9. The maximum atomic E-state index is 13.5. The van der Waals surface area contributed by atoms with Gasteiger partial charge in [0.25, 0.3) is 0 Å². The molecule has 3 saturated heterocycles. The van der Waals surface area contributed by atoms with Crippen LogP contribution in [0.15, 0.2) is 29.3 Å². The second-order valence-corrected chi connectivity index (χ2v) is 8.21. The Labute approximate surface area is 195 Å². The third-order valence-corrected chi connectivity index (χ3v) is 6.48. The molecule has 6 nitrogen and oxygen atoms in total. The number of morpholine rings is 1. The number of ether oxygens (including phenoxy) is 3. The quantitative estimate of drug-likeness (QED) is 0.367. The number of hydrogen-bond acceptors (Lipinski definition) is 4. The molecule has 2 unspecified atom stereocenters. The third kappa shape index (κ3) is 5.44. The van der Waals surface area contributed by atoms with E-state index in [4.69, 9.17) is 14.2 Å². The largest absolute Gasteiger partial charge is 0.381 e. The zero-order chi connectivity index (χ0) is 20.1. The van der Waals surface area contributed by atoms with E-state index in [1.165, 1.54) is 0 Å². The average molecular weight is 533 g/mol. The molecule has 30 heavy (non-hydrogen) atoms. The van der Waals surface area contributed by atoms with Gasteiger partial charge in [-0.15, -0.1) is 24.0 Å². The lowest BCUT2D eigenvalue weighted by Crippen LogP contribution is -2.55. The molecule has 4 rings (SSSR count). The zero-order valence-electron chi connectivity index (χ0n) is 17.6. The number of benzene rings is 1. The van der Waals surface area contributed by atoms with Gasteiger partial charge >= 0.3 is 0 Å². The van der Waals surface area contributed by atoms with Gasteiger partial charge in [-0.2, -0.15) is 0 Å². The molecule has 0 spiro atoms. The second kappa shape index (κ2) is 11.1. The zero-order valence-corrected chi connectivity index (χ0v) is 20.0. The van der Waals surface area contributed by atoms with Gasteiger partial charge < -0.3 is 24.4 Å². The molecule has 1 aromatic carbocycles. The molecule has 0 aliphatic carbocycles. The van der Waals surface area contributed by atoms with Crippen LogP contribution in [-0.4, -0.2) is 76.2 Å². The Morgan fingerprint density at radius 1 is 1.13 bits per heavy atom. The molecule has 3 aliphatic heterocycles. The molecule has 0 amide bonds. The minimum atomic E-state index is -0.201. The predicted molar refractivity (Wildman–Crippen MR) is 125 cm³/mol. The van der Waals surface area contributed by atoms with Gasteiger partial charge in [-0.05, 0) is 43.4 Å². The molecule has 168 valence electrons. The minimum absolute atomic E-state index is 0. The van der Waals surface area contributed by atoms with Crippen molar-refractivity contribution in [2.75, 3.05) is 53.1 Å². The first-order valence-electron chi connectivity index (χ1n) is 10.7. The third-order valence-electron chi connectivity index (χ3n) is 6.48. The number of guanidine groups is 1. The van der Waals surface area contributed by atoms with Gasteiger partial charge in [-0.1, -0.05) is 12.1 Å². The van der Waals surface area contributed by atoms with Crippen molar-refractivity contribution < 1.29 is 18.6 Å². The van der Waals surface area contributed by atoms with E-state index in [1.807, 2.05) is 19.2 Å². The van der Waals surface area contributed by atoms with Gasteiger partial charge in [0.05, 0.1) is 12.7 Å². The summed E-state index contributed by atoms with van der Waals surface area (Å²) in [6.45, 7) is 5.30. The number of halogens is 2. The van der Waals surface area contributed by atoms with Crippen LogP contribution in [-0.2, 0) is 19.6 Å². The van der Waals surface area contributed by atoms with Crippen LogP contribution in [0.25, 0.3) is 0 Å². The van der Waals surface area contributed by atoms with E-state index < -0.39 is 0 Å².